The number of fused-ring (bicyclic) bond motifs is 1. The largest absolute Gasteiger partial charge is 0.478 e. The van der Waals surface area contributed by atoms with Gasteiger partial charge in [-0.15, -0.1) is 0 Å². The van der Waals surface area contributed by atoms with Crippen LogP contribution in [0.3, 0.4) is 0 Å². The van der Waals surface area contributed by atoms with Gasteiger partial charge in [0, 0.05) is 17.8 Å². The van der Waals surface area contributed by atoms with E-state index in [1.165, 1.54) is 5.56 Å². The smallest absolute Gasteiger partial charge is 0.328 e. The zero-order valence-electron chi connectivity index (χ0n) is 12.4. The fourth-order valence-electron chi connectivity index (χ4n) is 2.60. The molecule has 2 heterocycles. The van der Waals surface area contributed by atoms with E-state index in [0.29, 0.717) is 0 Å². The van der Waals surface area contributed by atoms with Crippen LogP contribution in [0.2, 0.25) is 0 Å². The second kappa shape index (κ2) is 5.48. The molecule has 0 amide bonds. The van der Waals surface area contributed by atoms with Crippen molar-refractivity contribution >= 4 is 17.7 Å². The summed E-state index contributed by atoms with van der Waals surface area (Å²) in [5.41, 5.74) is 5.68. The summed E-state index contributed by atoms with van der Waals surface area (Å²) in [5, 5.41) is 8.92. The highest BCUT2D eigenvalue weighted by Gasteiger charge is 2.13. The molecule has 0 atom stereocenters. The van der Waals surface area contributed by atoms with E-state index in [1.54, 1.807) is 6.08 Å². The molecule has 110 valence electrons. The molecular formula is C18H16N2O2. The Hall–Kier alpha value is -2.88. The standard InChI is InChI=1S/C18H16N2O2/c1-12-6-7-14(13(2)11-12)18-15(8-9-17(21)22)20-10-4-3-5-16(20)19-18/h3-11H,1-2H3,(H,21,22)/b9-8+. The molecule has 3 rings (SSSR count). The number of aryl methyl sites for hydroxylation is 2. The SMILES string of the molecule is Cc1ccc(-c2nc3ccccn3c2/C=C/C(=O)O)c(C)c1. The van der Waals surface area contributed by atoms with Gasteiger partial charge >= 0.3 is 5.97 Å². The van der Waals surface area contributed by atoms with Gasteiger partial charge in [0.1, 0.15) is 5.65 Å². The number of pyridine rings is 1. The minimum absolute atomic E-state index is 0.768. The number of hydrogen-bond donors (Lipinski definition) is 1. The zero-order chi connectivity index (χ0) is 15.7. The summed E-state index contributed by atoms with van der Waals surface area (Å²) in [6, 6.07) is 11.9. The van der Waals surface area contributed by atoms with Gasteiger partial charge in [-0.25, -0.2) is 9.78 Å². The Balaban J connectivity index is 2.28. The molecule has 0 aliphatic heterocycles. The minimum Gasteiger partial charge on any atom is -0.478 e. The number of aliphatic carboxylic acids is 1. The van der Waals surface area contributed by atoms with Crippen LogP contribution in [0, 0.1) is 13.8 Å². The molecule has 2 aromatic heterocycles. The Morgan fingerprint density at radius 1 is 1.23 bits per heavy atom. The zero-order valence-corrected chi connectivity index (χ0v) is 12.4. The second-order valence-electron chi connectivity index (χ2n) is 5.26. The van der Waals surface area contributed by atoms with E-state index in [1.807, 2.05) is 54.8 Å². The predicted octanol–water partition coefficient (Wildman–Crippen LogP) is 3.72. The van der Waals surface area contributed by atoms with Gasteiger partial charge in [-0.1, -0.05) is 29.8 Å². The van der Waals surface area contributed by atoms with Crippen LogP contribution in [0.15, 0.2) is 48.7 Å². The van der Waals surface area contributed by atoms with Gasteiger partial charge < -0.3 is 5.11 Å². The molecule has 0 saturated heterocycles. The van der Waals surface area contributed by atoms with E-state index in [2.05, 4.69) is 11.1 Å². The molecule has 3 aromatic rings. The van der Waals surface area contributed by atoms with Crippen molar-refractivity contribution in [3.8, 4) is 11.3 Å². The minimum atomic E-state index is -0.975. The van der Waals surface area contributed by atoms with E-state index in [4.69, 9.17) is 5.11 Å². The molecule has 1 N–H and O–H groups in total. The first-order chi connectivity index (χ1) is 10.6. The number of rotatable bonds is 3. The van der Waals surface area contributed by atoms with Crippen LogP contribution in [-0.2, 0) is 4.79 Å². The van der Waals surface area contributed by atoms with Crippen LogP contribution >= 0.6 is 0 Å². The summed E-state index contributed by atoms with van der Waals surface area (Å²) in [4.78, 5) is 15.5. The highest BCUT2D eigenvalue weighted by Crippen LogP contribution is 2.28. The van der Waals surface area contributed by atoms with Gasteiger partial charge in [0.05, 0.1) is 11.4 Å². The number of benzene rings is 1. The molecule has 22 heavy (non-hydrogen) atoms. The lowest BCUT2D eigenvalue weighted by Gasteiger charge is -2.05. The van der Waals surface area contributed by atoms with Crippen molar-refractivity contribution in [2.45, 2.75) is 13.8 Å². The van der Waals surface area contributed by atoms with Crippen molar-refractivity contribution in [3.63, 3.8) is 0 Å². The molecule has 0 unspecified atom stereocenters. The Kier molecular flexibility index (Phi) is 3.51. The monoisotopic (exact) mass is 292 g/mol. The Labute approximate surface area is 128 Å². The topological polar surface area (TPSA) is 54.6 Å². The number of hydrogen-bond acceptors (Lipinski definition) is 2. The maximum absolute atomic E-state index is 10.9. The molecule has 0 fully saturated rings. The van der Waals surface area contributed by atoms with Crippen molar-refractivity contribution in [2.24, 2.45) is 0 Å². The second-order valence-corrected chi connectivity index (χ2v) is 5.26. The maximum atomic E-state index is 10.9. The van der Waals surface area contributed by atoms with Crippen molar-refractivity contribution < 1.29 is 9.90 Å². The number of aromatic nitrogens is 2. The van der Waals surface area contributed by atoms with Crippen LogP contribution in [0.4, 0.5) is 0 Å². The number of nitrogens with zero attached hydrogens (tertiary/aromatic N) is 2. The lowest BCUT2D eigenvalue weighted by molar-refractivity contribution is -0.131. The van der Waals surface area contributed by atoms with Crippen molar-refractivity contribution in [2.75, 3.05) is 0 Å². The van der Waals surface area contributed by atoms with Crippen LogP contribution in [0.1, 0.15) is 16.8 Å². The highest BCUT2D eigenvalue weighted by molar-refractivity contribution is 5.87. The number of carboxylic acids is 1. The first kappa shape index (κ1) is 14.1. The normalized spacial score (nSPS) is 11.4. The van der Waals surface area contributed by atoms with Gasteiger partial charge in [-0.3, -0.25) is 4.40 Å². The van der Waals surface area contributed by atoms with E-state index in [0.717, 1.165) is 34.2 Å². The average Bonchev–Trinajstić information content (AvgIpc) is 2.83. The molecule has 0 aliphatic carbocycles. The fraction of sp³-hybridized carbons (Fsp3) is 0.111. The van der Waals surface area contributed by atoms with Gasteiger partial charge in [-0.2, -0.15) is 0 Å². The van der Waals surface area contributed by atoms with Gasteiger partial charge in [-0.05, 0) is 37.6 Å². The highest BCUT2D eigenvalue weighted by atomic mass is 16.4. The Morgan fingerprint density at radius 2 is 2.05 bits per heavy atom. The first-order valence-corrected chi connectivity index (χ1v) is 7.02. The van der Waals surface area contributed by atoms with Crippen molar-refractivity contribution in [3.05, 3.63) is 65.5 Å². The van der Waals surface area contributed by atoms with Crippen LogP contribution in [-0.4, -0.2) is 20.5 Å². The maximum Gasteiger partial charge on any atom is 0.328 e. The van der Waals surface area contributed by atoms with Gasteiger partial charge in [0.25, 0.3) is 0 Å². The predicted molar refractivity (Wildman–Crippen MR) is 86.8 cm³/mol. The third kappa shape index (κ3) is 2.51. The molecule has 0 saturated carbocycles. The average molecular weight is 292 g/mol. The lowest BCUT2D eigenvalue weighted by atomic mass is 10.0. The number of imidazole rings is 1. The van der Waals surface area contributed by atoms with E-state index in [-0.39, 0.29) is 0 Å². The molecule has 0 spiro atoms. The summed E-state index contributed by atoms with van der Waals surface area (Å²) in [5.74, 6) is -0.975. The number of carboxylic acid groups (broad SMARTS) is 1. The van der Waals surface area contributed by atoms with Gasteiger partial charge in [0.2, 0.25) is 0 Å². The Bertz CT molecular complexity index is 891. The third-order valence-corrected chi connectivity index (χ3v) is 3.59. The quantitative estimate of drug-likeness (QED) is 0.749. The fourth-order valence-corrected chi connectivity index (χ4v) is 2.60. The summed E-state index contributed by atoms with van der Waals surface area (Å²) < 4.78 is 1.90. The van der Waals surface area contributed by atoms with E-state index < -0.39 is 5.97 Å². The van der Waals surface area contributed by atoms with Gasteiger partial charge in [0.15, 0.2) is 0 Å². The number of carbonyl (C=O) groups is 1. The van der Waals surface area contributed by atoms with Crippen molar-refractivity contribution in [1.82, 2.24) is 9.38 Å². The molecule has 0 radical (unpaired) electrons. The van der Waals surface area contributed by atoms with Crippen LogP contribution in [0.5, 0.6) is 0 Å². The Morgan fingerprint density at radius 3 is 2.77 bits per heavy atom. The molecule has 4 nitrogen and oxygen atoms in total. The molecule has 0 bridgehead atoms. The summed E-state index contributed by atoms with van der Waals surface area (Å²) in [7, 11) is 0. The van der Waals surface area contributed by atoms with E-state index >= 15 is 0 Å². The molecule has 1 aromatic carbocycles. The van der Waals surface area contributed by atoms with Crippen LogP contribution in [0.25, 0.3) is 23.0 Å². The van der Waals surface area contributed by atoms with Crippen LogP contribution < -0.4 is 0 Å². The lowest BCUT2D eigenvalue weighted by Crippen LogP contribution is -1.92. The van der Waals surface area contributed by atoms with Crippen molar-refractivity contribution in [1.29, 1.82) is 0 Å². The third-order valence-electron chi connectivity index (χ3n) is 3.59. The van der Waals surface area contributed by atoms with E-state index in [9.17, 15) is 4.79 Å². The first-order valence-electron chi connectivity index (χ1n) is 7.02. The summed E-state index contributed by atoms with van der Waals surface area (Å²) in [6.45, 7) is 4.09. The summed E-state index contributed by atoms with van der Waals surface area (Å²) in [6.07, 6.45) is 4.62. The summed E-state index contributed by atoms with van der Waals surface area (Å²) >= 11 is 0. The molecule has 0 aliphatic rings. The molecule has 4 heteroatoms. The molecular weight excluding hydrogens is 276 g/mol.